The number of carbonyl (C=O) groups excluding carboxylic acids is 1. The van der Waals surface area contributed by atoms with Crippen molar-refractivity contribution in [1.29, 1.82) is 0 Å². The Morgan fingerprint density at radius 2 is 1.61 bits per heavy atom. The molecule has 3 fully saturated rings. The fourth-order valence-electron chi connectivity index (χ4n) is 5.24. The molecule has 206 valence electrons. The van der Waals surface area contributed by atoms with Crippen LogP contribution in [0.4, 0.5) is 31.1 Å². The van der Waals surface area contributed by atoms with Crippen LogP contribution in [0.1, 0.15) is 31.2 Å². The number of likely N-dealkylation sites (tertiary alicyclic amines) is 1. The molecule has 1 heterocycles. The lowest BCUT2D eigenvalue weighted by Crippen LogP contribution is -2.52. The number of halogens is 6. The number of amides is 2. The molecule has 0 aromatic heterocycles. The quantitative estimate of drug-likeness (QED) is 0.471. The van der Waals surface area contributed by atoms with E-state index in [-0.39, 0.29) is 37.1 Å². The Morgan fingerprint density at radius 1 is 0.974 bits per heavy atom. The predicted molar refractivity (Wildman–Crippen MR) is 126 cm³/mol. The highest BCUT2D eigenvalue weighted by atomic mass is 32.2. The molecule has 6 nitrogen and oxygen atoms in total. The van der Waals surface area contributed by atoms with Crippen LogP contribution in [0.15, 0.2) is 30.3 Å². The molecule has 2 saturated carbocycles. The first-order valence-corrected chi connectivity index (χ1v) is 13.7. The van der Waals surface area contributed by atoms with Crippen LogP contribution in [-0.4, -0.2) is 56.2 Å². The highest BCUT2D eigenvalue weighted by Gasteiger charge is 2.61. The van der Waals surface area contributed by atoms with Crippen molar-refractivity contribution in [2.45, 2.75) is 49.9 Å². The minimum Gasteiger partial charge on any atom is -0.335 e. The summed E-state index contributed by atoms with van der Waals surface area (Å²) in [6, 6.07) is -0.657. The van der Waals surface area contributed by atoms with Gasteiger partial charge in [0.1, 0.15) is 28.9 Å². The third kappa shape index (κ3) is 5.35. The molecular weight excluding hydrogens is 536 g/mol. The zero-order chi connectivity index (χ0) is 27.5. The van der Waals surface area contributed by atoms with Crippen molar-refractivity contribution in [3.05, 3.63) is 59.2 Å². The van der Waals surface area contributed by atoms with Gasteiger partial charge < -0.3 is 10.2 Å². The van der Waals surface area contributed by atoms with Crippen LogP contribution in [0.25, 0.3) is 11.1 Å². The average Bonchev–Trinajstić information content (AvgIpc) is 3.76. The summed E-state index contributed by atoms with van der Waals surface area (Å²) in [7, 11) is -4.40. The zero-order valence-corrected chi connectivity index (χ0v) is 20.9. The second-order valence-corrected chi connectivity index (χ2v) is 12.2. The van der Waals surface area contributed by atoms with Gasteiger partial charge in [0.05, 0.1) is 12.6 Å². The maximum atomic E-state index is 15.7. The topological polar surface area (TPSA) is 78.5 Å². The standard InChI is InChI=1S/C25H25F6N3O3S/c26-13-38(36,37)33-22-20(34(12-24(22)1-2-24)23(35)32-11-25(31)3-4-25)8-15-7-18(29)10-19(21(15)30)14-5-16(27)9-17(28)6-14/h5-7,9-10,20,22,33H,1-4,8,11-13H2,(H,32,35)/t20-,22+/m0/s1. The molecule has 2 aromatic rings. The largest absolute Gasteiger partial charge is 0.335 e. The predicted octanol–water partition coefficient (Wildman–Crippen LogP) is 4.34. The minimum absolute atomic E-state index is 0.0428. The summed E-state index contributed by atoms with van der Waals surface area (Å²) in [6.07, 6.45) is 1.18. The Morgan fingerprint density at radius 3 is 2.18 bits per heavy atom. The lowest BCUT2D eigenvalue weighted by atomic mass is 9.91. The summed E-state index contributed by atoms with van der Waals surface area (Å²) < 4.78 is 112. The molecule has 5 rings (SSSR count). The molecule has 3 aliphatic rings. The second-order valence-electron chi connectivity index (χ2n) is 10.5. The number of carbonyl (C=O) groups is 1. The van der Waals surface area contributed by atoms with Crippen molar-refractivity contribution in [2.24, 2.45) is 5.41 Å². The van der Waals surface area contributed by atoms with E-state index in [2.05, 4.69) is 10.0 Å². The molecule has 2 aromatic carbocycles. The highest BCUT2D eigenvalue weighted by molar-refractivity contribution is 7.89. The number of hydrogen-bond acceptors (Lipinski definition) is 3. The molecule has 2 N–H and O–H groups in total. The number of benzene rings is 2. The van der Waals surface area contributed by atoms with E-state index in [4.69, 9.17) is 0 Å². The smallest absolute Gasteiger partial charge is 0.317 e. The van der Waals surface area contributed by atoms with E-state index in [9.17, 15) is 35.2 Å². The maximum absolute atomic E-state index is 15.7. The Kier molecular flexibility index (Phi) is 6.65. The Bertz CT molecular complexity index is 1360. The third-order valence-corrected chi connectivity index (χ3v) is 8.50. The molecule has 0 radical (unpaired) electrons. The van der Waals surface area contributed by atoms with Gasteiger partial charge in [-0.15, -0.1) is 0 Å². The van der Waals surface area contributed by atoms with Crippen molar-refractivity contribution in [2.75, 3.05) is 19.1 Å². The first-order chi connectivity index (χ1) is 17.8. The first-order valence-electron chi connectivity index (χ1n) is 12.1. The lowest BCUT2D eigenvalue weighted by Gasteiger charge is -2.30. The average molecular weight is 562 g/mol. The third-order valence-electron chi connectivity index (χ3n) is 7.60. The molecule has 1 aliphatic heterocycles. The molecule has 2 aliphatic carbocycles. The van der Waals surface area contributed by atoms with Crippen LogP contribution >= 0.6 is 0 Å². The molecule has 38 heavy (non-hydrogen) atoms. The normalized spacial score (nSPS) is 23.1. The Balaban J connectivity index is 1.51. The summed E-state index contributed by atoms with van der Waals surface area (Å²) in [5.74, 6) is -3.94. The summed E-state index contributed by atoms with van der Waals surface area (Å²) in [4.78, 5) is 14.3. The van der Waals surface area contributed by atoms with Crippen LogP contribution in [0.2, 0.25) is 0 Å². The molecule has 13 heteroatoms. The minimum atomic E-state index is -4.40. The monoisotopic (exact) mass is 561 g/mol. The lowest BCUT2D eigenvalue weighted by molar-refractivity contribution is 0.182. The molecule has 2 atom stereocenters. The van der Waals surface area contributed by atoms with E-state index < -0.39 is 80.5 Å². The van der Waals surface area contributed by atoms with E-state index in [0.29, 0.717) is 18.9 Å². The zero-order valence-electron chi connectivity index (χ0n) is 20.0. The molecule has 2 amide bonds. The van der Waals surface area contributed by atoms with Gasteiger partial charge in [0, 0.05) is 29.6 Å². The molecule has 1 spiro atoms. The Hall–Kier alpha value is -2.80. The summed E-state index contributed by atoms with van der Waals surface area (Å²) in [5, 5.41) is 2.49. The van der Waals surface area contributed by atoms with E-state index in [1.165, 1.54) is 4.90 Å². The first kappa shape index (κ1) is 26.8. The number of nitrogens with zero attached hydrogens (tertiary/aromatic N) is 1. The second kappa shape index (κ2) is 9.44. The van der Waals surface area contributed by atoms with Gasteiger partial charge in [-0.3, -0.25) is 0 Å². The molecular formula is C25H25F6N3O3S. The number of urea groups is 1. The molecule has 0 bridgehead atoms. The molecule has 1 saturated heterocycles. The summed E-state index contributed by atoms with van der Waals surface area (Å²) >= 11 is 0. The van der Waals surface area contributed by atoms with Crippen LogP contribution in [0.5, 0.6) is 0 Å². The summed E-state index contributed by atoms with van der Waals surface area (Å²) in [5.41, 5.74) is -3.22. The van der Waals surface area contributed by atoms with Gasteiger partial charge >= 0.3 is 6.03 Å². The molecule has 0 unspecified atom stereocenters. The van der Waals surface area contributed by atoms with Gasteiger partial charge in [0.2, 0.25) is 16.0 Å². The number of sulfonamides is 1. The highest BCUT2D eigenvalue weighted by Crippen LogP contribution is 2.55. The van der Waals surface area contributed by atoms with Gasteiger partial charge in [-0.1, -0.05) is 0 Å². The van der Waals surface area contributed by atoms with Gasteiger partial charge in [0.25, 0.3) is 0 Å². The fraction of sp³-hybridized carbons (Fsp3) is 0.480. The number of alkyl halides is 2. The SMILES string of the molecule is O=C(NCC1(F)CC1)N1CC2(CC2)[C@H](NS(=O)(=O)CF)[C@@H]1Cc1cc(F)cc(-c2cc(F)cc(F)c2)c1F. The number of nitrogens with one attached hydrogen (secondary N) is 2. The van der Waals surface area contributed by atoms with Crippen LogP contribution < -0.4 is 10.0 Å². The van der Waals surface area contributed by atoms with Crippen LogP contribution in [0, 0.1) is 28.7 Å². The maximum Gasteiger partial charge on any atom is 0.317 e. The van der Waals surface area contributed by atoms with Gasteiger partial charge in [-0.2, -0.15) is 0 Å². The van der Waals surface area contributed by atoms with E-state index in [1.807, 2.05) is 0 Å². The van der Waals surface area contributed by atoms with Crippen molar-refractivity contribution < 1.29 is 39.6 Å². The van der Waals surface area contributed by atoms with Crippen molar-refractivity contribution in [3.63, 3.8) is 0 Å². The van der Waals surface area contributed by atoms with Crippen molar-refractivity contribution >= 4 is 16.1 Å². The van der Waals surface area contributed by atoms with Gasteiger partial charge in [-0.25, -0.2) is 44.3 Å². The number of hydrogen-bond donors (Lipinski definition) is 2. The van der Waals surface area contributed by atoms with Crippen molar-refractivity contribution in [1.82, 2.24) is 14.9 Å². The van der Waals surface area contributed by atoms with Gasteiger partial charge in [0.15, 0.2) is 0 Å². The van der Waals surface area contributed by atoms with E-state index >= 15 is 4.39 Å². The van der Waals surface area contributed by atoms with E-state index in [1.54, 1.807) is 0 Å². The van der Waals surface area contributed by atoms with Gasteiger partial charge in [-0.05, 0) is 67.5 Å². The Labute approximate surface area is 215 Å². The van der Waals surface area contributed by atoms with Crippen molar-refractivity contribution in [3.8, 4) is 11.1 Å². The van der Waals surface area contributed by atoms with Crippen LogP contribution in [0.3, 0.4) is 0 Å². The van der Waals surface area contributed by atoms with E-state index in [0.717, 1.165) is 24.3 Å². The fourth-order valence-corrected chi connectivity index (χ4v) is 6.10. The summed E-state index contributed by atoms with van der Waals surface area (Å²) in [6.45, 7) is -0.215. The number of rotatable bonds is 8. The van der Waals surface area contributed by atoms with Crippen LogP contribution in [-0.2, 0) is 16.4 Å².